The van der Waals surface area contributed by atoms with Crippen molar-refractivity contribution >= 4 is 17.6 Å². The molecule has 0 aliphatic rings. The van der Waals surface area contributed by atoms with E-state index in [1.54, 1.807) is 19.1 Å². The van der Waals surface area contributed by atoms with E-state index in [1.807, 2.05) is 0 Å². The van der Waals surface area contributed by atoms with Crippen molar-refractivity contribution in [2.45, 2.75) is 19.4 Å². The van der Waals surface area contributed by atoms with Gasteiger partial charge in [0.15, 0.2) is 0 Å². The number of methoxy groups -OCH3 is 1. The molecule has 0 aliphatic heterocycles. The Morgan fingerprint density at radius 2 is 2.24 bits per heavy atom. The maximum absolute atomic E-state index is 11.4. The van der Waals surface area contributed by atoms with Crippen molar-refractivity contribution in [3.05, 3.63) is 24.0 Å². The van der Waals surface area contributed by atoms with E-state index in [4.69, 9.17) is 9.84 Å². The molecule has 1 aromatic heterocycles. The molecule has 92 valence electrons. The van der Waals surface area contributed by atoms with Gasteiger partial charge in [-0.25, -0.2) is 0 Å². The minimum Gasteiger partial charge on any atom is -0.481 e. The Hall–Kier alpha value is -1.95. The molecule has 1 rings (SSSR count). The lowest BCUT2D eigenvalue weighted by atomic mass is 10.2. The molecular formula is C11H14N2O4. The van der Waals surface area contributed by atoms with Gasteiger partial charge in [0.05, 0.1) is 24.0 Å². The van der Waals surface area contributed by atoms with Gasteiger partial charge in [-0.1, -0.05) is 0 Å². The van der Waals surface area contributed by atoms with Crippen LogP contribution in [0.3, 0.4) is 0 Å². The number of carboxylic acids is 1. The van der Waals surface area contributed by atoms with Crippen molar-refractivity contribution in [3.63, 3.8) is 0 Å². The van der Waals surface area contributed by atoms with Crippen molar-refractivity contribution in [3.8, 4) is 0 Å². The molecule has 0 saturated carbocycles. The second-order valence-corrected chi connectivity index (χ2v) is 3.48. The Bertz CT molecular complexity index is 402. The van der Waals surface area contributed by atoms with Crippen molar-refractivity contribution < 1.29 is 19.4 Å². The zero-order chi connectivity index (χ0) is 12.8. The van der Waals surface area contributed by atoms with Gasteiger partial charge in [0.2, 0.25) is 0 Å². The number of nitrogens with zero attached hydrogens (tertiary/aromatic N) is 1. The number of nitrogens with one attached hydrogen (secondary N) is 1. The zero-order valence-corrected chi connectivity index (χ0v) is 9.64. The van der Waals surface area contributed by atoms with Gasteiger partial charge in [-0.3, -0.25) is 14.6 Å². The average molecular weight is 238 g/mol. The number of carbonyl (C=O) groups excluding carboxylic acids is 1. The van der Waals surface area contributed by atoms with Crippen molar-refractivity contribution in [2.75, 3.05) is 12.4 Å². The first-order chi connectivity index (χ1) is 8.02. The smallest absolute Gasteiger partial charge is 0.309 e. The van der Waals surface area contributed by atoms with E-state index in [2.05, 4.69) is 10.3 Å². The molecule has 6 nitrogen and oxygen atoms in total. The van der Waals surface area contributed by atoms with Crippen molar-refractivity contribution in [2.24, 2.45) is 0 Å². The quantitative estimate of drug-likeness (QED) is 0.787. The molecular weight excluding hydrogens is 224 g/mol. The van der Waals surface area contributed by atoms with E-state index < -0.39 is 12.1 Å². The molecule has 2 N–H and O–H groups in total. The van der Waals surface area contributed by atoms with Gasteiger partial charge in [-0.05, 0) is 19.1 Å². The summed E-state index contributed by atoms with van der Waals surface area (Å²) in [5, 5.41) is 11.2. The summed E-state index contributed by atoms with van der Waals surface area (Å²) >= 11 is 0. The fourth-order valence-corrected chi connectivity index (χ4v) is 1.11. The molecule has 0 spiro atoms. The second kappa shape index (κ2) is 5.95. The third-order valence-corrected chi connectivity index (χ3v) is 2.15. The number of carboxylic acid groups (broad SMARTS) is 1. The average Bonchev–Trinajstić information content (AvgIpc) is 2.30. The Kier molecular flexibility index (Phi) is 4.59. The first kappa shape index (κ1) is 13.1. The number of pyridine rings is 1. The number of hydrogen-bond acceptors (Lipinski definition) is 4. The van der Waals surface area contributed by atoms with Crippen LogP contribution < -0.4 is 5.32 Å². The lowest BCUT2D eigenvalue weighted by Crippen LogP contribution is -2.26. The van der Waals surface area contributed by atoms with Crippen molar-refractivity contribution in [1.82, 2.24) is 4.98 Å². The number of hydrogen-bond donors (Lipinski definition) is 2. The van der Waals surface area contributed by atoms with E-state index in [-0.39, 0.29) is 12.3 Å². The van der Waals surface area contributed by atoms with E-state index in [9.17, 15) is 9.59 Å². The fourth-order valence-electron chi connectivity index (χ4n) is 1.11. The summed E-state index contributed by atoms with van der Waals surface area (Å²) in [5.74, 6) is -1.22. The minimum absolute atomic E-state index is 0.136. The predicted octanol–water partition coefficient (Wildman–Crippen LogP) is 0.682. The third kappa shape index (κ3) is 4.20. The molecule has 1 heterocycles. The molecule has 0 fully saturated rings. The van der Waals surface area contributed by atoms with Crippen LogP contribution in [0.25, 0.3) is 0 Å². The molecule has 6 heteroatoms. The topological polar surface area (TPSA) is 88.5 Å². The lowest BCUT2D eigenvalue weighted by molar-refractivity contribution is -0.136. The molecule has 0 aromatic carbocycles. The first-order valence-corrected chi connectivity index (χ1v) is 5.03. The Morgan fingerprint density at radius 1 is 1.53 bits per heavy atom. The van der Waals surface area contributed by atoms with E-state index in [1.165, 1.54) is 13.3 Å². The monoisotopic (exact) mass is 238 g/mol. The number of rotatable bonds is 5. The maximum atomic E-state index is 11.4. The van der Waals surface area contributed by atoms with Crippen LogP contribution in [-0.4, -0.2) is 35.2 Å². The van der Waals surface area contributed by atoms with Crippen LogP contribution in [0.5, 0.6) is 0 Å². The maximum Gasteiger partial charge on any atom is 0.309 e. The zero-order valence-electron chi connectivity index (χ0n) is 9.64. The molecule has 1 aromatic rings. The van der Waals surface area contributed by atoms with Gasteiger partial charge in [0.25, 0.3) is 5.91 Å². The highest BCUT2D eigenvalue weighted by molar-refractivity contribution is 5.93. The van der Waals surface area contributed by atoms with Crippen LogP contribution in [0, 0.1) is 0 Å². The molecule has 0 aliphatic carbocycles. The number of amides is 1. The Balaban J connectivity index is 2.62. The van der Waals surface area contributed by atoms with E-state index in [0.717, 1.165) is 0 Å². The predicted molar refractivity (Wildman–Crippen MR) is 60.7 cm³/mol. The molecule has 0 bridgehead atoms. The van der Waals surface area contributed by atoms with Crippen LogP contribution in [-0.2, 0) is 20.7 Å². The van der Waals surface area contributed by atoms with Gasteiger partial charge < -0.3 is 15.2 Å². The number of carbonyl (C=O) groups is 2. The van der Waals surface area contributed by atoms with Crippen LogP contribution >= 0.6 is 0 Å². The van der Waals surface area contributed by atoms with Gasteiger partial charge in [-0.15, -0.1) is 0 Å². The summed E-state index contributed by atoms with van der Waals surface area (Å²) in [6.45, 7) is 1.63. The highest BCUT2D eigenvalue weighted by Gasteiger charge is 2.11. The van der Waals surface area contributed by atoms with E-state index >= 15 is 0 Å². The molecule has 1 unspecified atom stereocenters. The standard InChI is InChI=1S/C11H14N2O4/c1-7(17-2)11(16)13-9-4-3-8(12-6-9)5-10(14)15/h3-4,6-7H,5H2,1-2H3,(H,13,16)(H,14,15). The molecule has 1 atom stereocenters. The summed E-state index contributed by atoms with van der Waals surface area (Å²) in [6, 6.07) is 3.16. The summed E-state index contributed by atoms with van der Waals surface area (Å²) < 4.78 is 4.85. The molecule has 17 heavy (non-hydrogen) atoms. The van der Waals surface area contributed by atoms with E-state index in [0.29, 0.717) is 11.4 Å². The van der Waals surface area contributed by atoms with Gasteiger partial charge in [0.1, 0.15) is 6.10 Å². The first-order valence-electron chi connectivity index (χ1n) is 5.03. The fraction of sp³-hybridized carbons (Fsp3) is 0.364. The summed E-state index contributed by atoms with van der Waals surface area (Å²) in [4.78, 5) is 25.8. The number of aromatic nitrogens is 1. The Morgan fingerprint density at radius 3 is 2.71 bits per heavy atom. The van der Waals surface area contributed by atoms with Crippen molar-refractivity contribution in [1.29, 1.82) is 0 Å². The summed E-state index contributed by atoms with van der Waals surface area (Å²) in [7, 11) is 1.44. The van der Waals surface area contributed by atoms with Gasteiger partial charge >= 0.3 is 5.97 Å². The molecule has 0 saturated heterocycles. The second-order valence-electron chi connectivity index (χ2n) is 3.48. The third-order valence-electron chi connectivity index (χ3n) is 2.15. The largest absolute Gasteiger partial charge is 0.481 e. The minimum atomic E-state index is -0.942. The lowest BCUT2D eigenvalue weighted by Gasteiger charge is -2.10. The summed E-state index contributed by atoms with van der Waals surface area (Å²) in [6.07, 6.45) is 0.732. The normalized spacial score (nSPS) is 11.9. The molecule has 1 amide bonds. The van der Waals surface area contributed by atoms with Crippen LogP contribution in [0.15, 0.2) is 18.3 Å². The number of aliphatic carboxylic acids is 1. The van der Waals surface area contributed by atoms with Crippen LogP contribution in [0.4, 0.5) is 5.69 Å². The highest BCUT2D eigenvalue weighted by Crippen LogP contribution is 2.07. The Labute approximate surface area is 98.6 Å². The summed E-state index contributed by atoms with van der Waals surface area (Å²) in [5.41, 5.74) is 0.948. The number of ether oxygens (including phenoxy) is 1. The molecule has 0 radical (unpaired) electrons. The van der Waals surface area contributed by atoms with Gasteiger partial charge in [-0.2, -0.15) is 0 Å². The van der Waals surface area contributed by atoms with Crippen LogP contribution in [0.2, 0.25) is 0 Å². The van der Waals surface area contributed by atoms with Gasteiger partial charge in [0, 0.05) is 7.11 Å². The highest BCUT2D eigenvalue weighted by atomic mass is 16.5. The van der Waals surface area contributed by atoms with Crippen LogP contribution in [0.1, 0.15) is 12.6 Å². The number of anilines is 1. The SMILES string of the molecule is COC(C)C(=O)Nc1ccc(CC(=O)O)nc1.